The fourth-order valence-electron chi connectivity index (χ4n) is 0.752. The Balaban J connectivity index is 4.53. The van der Waals surface area contributed by atoms with Crippen LogP contribution in [0.3, 0.4) is 0 Å². The fraction of sp³-hybridized carbons (Fsp3) is 0.900. The molecular weight excluding hydrogens is 198 g/mol. The van der Waals surface area contributed by atoms with E-state index in [1.165, 1.54) is 0 Å². The summed E-state index contributed by atoms with van der Waals surface area (Å²) in [6, 6.07) is 2.10. The van der Waals surface area contributed by atoms with E-state index in [1.807, 2.05) is 0 Å². The fourth-order valence-corrected chi connectivity index (χ4v) is 2.14. The summed E-state index contributed by atoms with van der Waals surface area (Å²) in [5.41, 5.74) is -0.557. The molecule has 0 atom stereocenters. The van der Waals surface area contributed by atoms with Gasteiger partial charge in [0.1, 0.15) is 0 Å². The molecule has 0 amide bonds. The molecule has 0 fully saturated rings. The molecule has 0 N–H and O–H groups in total. The lowest BCUT2D eigenvalue weighted by molar-refractivity contribution is 0.468. The molecule has 0 unspecified atom stereocenters. The predicted molar refractivity (Wildman–Crippen MR) is 57.6 cm³/mol. The maximum atomic E-state index is 11.7. The van der Waals surface area contributed by atoms with E-state index in [4.69, 9.17) is 5.26 Å². The Labute approximate surface area is 87.0 Å². The largest absolute Gasteiger partial charge is 0.228 e. The van der Waals surface area contributed by atoms with Gasteiger partial charge in [0.15, 0.2) is 9.84 Å². The summed E-state index contributed by atoms with van der Waals surface area (Å²) in [5.74, 6) is 0.0804. The highest BCUT2D eigenvalue weighted by atomic mass is 32.2. The van der Waals surface area contributed by atoms with Crippen LogP contribution in [0.25, 0.3) is 0 Å². The molecule has 0 bridgehead atoms. The zero-order chi connectivity index (χ0) is 11.6. The van der Waals surface area contributed by atoms with Crippen molar-refractivity contribution in [1.82, 2.24) is 0 Å². The van der Waals surface area contributed by atoms with E-state index in [2.05, 4.69) is 6.07 Å². The number of sulfone groups is 1. The summed E-state index contributed by atoms with van der Waals surface area (Å²) in [5, 5.41) is 8.75. The van der Waals surface area contributed by atoms with Gasteiger partial charge in [-0.3, -0.25) is 0 Å². The lowest BCUT2D eigenvalue weighted by atomic mass is 9.93. The second-order valence-electron chi connectivity index (χ2n) is 5.18. The first-order valence-electron chi connectivity index (χ1n) is 4.65. The maximum Gasteiger partial charge on any atom is 0.155 e. The van der Waals surface area contributed by atoms with Crippen molar-refractivity contribution >= 4 is 9.84 Å². The van der Waals surface area contributed by atoms with E-state index in [9.17, 15) is 8.42 Å². The van der Waals surface area contributed by atoms with Crippen molar-refractivity contribution in [1.29, 1.82) is 5.26 Å². The van der Waals surface area contributed by atoms with E-state index in [1.54, 1.807) is 34.6 Å². The van der Waals surface area contributed by atoms with Crippen molar-refractivity contribution in [3.05, 3.63) is 0 Å². The summed E-state index contributed by atoms with van der Waals surface area (Å²) in [7, 11) is -3.09. The average molecular weight is 217 g/mol. The van der Waals surface area contributed by atoms with Gasteiger partial charge in [0, 0.05) is 0 Å². The molecule has 0 saturated heterocycles. The molecule has 3 nitrogen and oxygen atoms in total. The molecule has 14 heavy (non-hydrogen) atoms. The average Bonchev–Trinajstić information content (AvgIpc) is 1.99. The van der Waals surface area contributed by atoms with E-state index in [0.717, 1.165) is 0 Å². The Morgan fingerprint density at radius 1 is 1.14 bits per heavy atom. The van der Waals surface area contributed by atoms with Crippen molar-refractivity contribution in [3.8, 4) is 6.07 Å². The minimum Gasteiger partial charge on any atom is -0.228 e. The van der Waals surface area contributed by atoms with Crippen LogP contribution in [0.2, 0.25) is 0 Å². The van der Waals surface area contributed by atoms with Gasteiger partial charge in [0.25, 0.3) is 0 Å². The lowest BCUT2D eigenvalue weighted by Gasteiger charge is -2.22. The first-order valence-corrected chi connectivity index (χ1v) is 6.31. The second-order valence-corrected chi connectivity index (χ2v) is 8.04. The van der Waals surface area contributed by atoms with Gasteiger partial charge in [-0.15, -0.1) is 0 Å². The first-order chi connectivity index (χ1) is 6.02. The topological polar surface area (TPSA) is 57.9 Å². The Morgan fingerprint density at radius 2 is 1.57 bits per heavy atom. The minimum absolute atomic E-state index is 0.0804. The number of rotatable bonds is 3. The zero-order valence-corrected chi connectivity index (χ0v) is 10.4. The van der Waals surface area contributed by atoms with E-state index in [-0.39, 0.29) is 5.75 Å². The van der Waals surface area contributed by atoms with Gasteiger partial charge in [0.05, 0.1) is 22.0 Å². The highest BCUT2D eigenvalue weighted by molar-refractivity contribution is 7.92. The van der Waals surface area contributed by atoms with E-state index < -0.39 is 20.0 Å². The van der Waals surface area contributed by atoms with Crippen LogP contribution >= 0.6 is 0 Å². The summed E-state index contributed by atoms with van der Waals surface area (Å²) < 4.78 is 22.7. The minimum atomic E-state index is -3.09. The van der Waals surface area contributed by atoms with Gasteiger partial charge >= 0.3 is 0 Å². The van der Waals surface area contributed by atoms with Gasteiger partial charge in [0.2, 0.25) is 0 Å². The molecular formula is C10H19NO2S. The highest BCUT2D eigenvalue weighted by Crippen LogP contribution is 2.24. The van der Waals surface area contributed by atoms with Crippen LogP contribution in [0, 0.1) is 16.7 Å². The number of hydrogen-bond acceptors (Lipinski definition) is 3. The first kappa shape index (κ1) is 13.4. The maximum absolute atomic E-state index is 11.7. The molecule has 0 rings (SSSR count). The quantitative estimate of drug-likeness (QED) is 0.727. The molecule has 0 aromatic carbocycles. The Morgan fingerprint density at radius 3 is 1.86 bits per heavy atom. The molecule has 0 radical (unpaired) electrons. The van der Waals surface area contributed by atoms with Crippen LogP contribution in [0.4, 0.5) is 0 Å². The molecule has 0 saturated carbocycles. The molecule has 0 heterocycles. The third kappa shape index (κ3) is 3.67. The van der Waals surface area contributed by atoms with Gasteiger partial charge in [-0.25, -0.2) is 8.42 Å². The van der Waals surface area contributed by atoms with Gasteiger partial charge in [-0.1, -0.05) is 0 Å². The second kappa shape index (κ2) is 3.90. The van der Waals surface area contributed by atoms with Crippen LogP contribution in [0.15, 0.2) is 0 Å². The van der Waals surface area contributed by atoms with Gasteiger partial charge < -0.3 is 0 Å². The molecule has 4 heteroatoms. The van der Waals surface area contributed by atoms with Crippen molar-refractivity contribution in [2.75, 3.05) is 5.75 Å². The van der Waals surface area contributed by atoms with Crippen LogP contribution in [-0.4, -0.2) is 18.9 Å². The van der Waals surface area contributed by atoms with E-state index in [0.29, 0.717) is 6.42 Å². The Bertz CT molecular complexity index is 328. The predicted octanol–water partition coefficient (Wildman–Crippen LogP) is 2.14. The lowest BCUT2D eigenvalue weighted by Crippen LogP contribution is -2.32. The van der Waals surface area contributed by atoms with Crippen molar-refractivity contribution in [2.24, 2.45) is 5.41 Å². The van der Waals surface area contributed by atoms with Gasteiger partial charge in [-0.05, 0) is 41.0 Å². The van der Waals surface area contributed by atoms with Crippen LogP contribution in [-0.2, 0) is 9.84 Å². The summed E-state index contributed by atoms with van der Waals surface area (Å²) in [4.78, 5) is 0. The molecule has 0 aliphatic rings. The molecule has 0 aliphatic heterocycles. The summed E-state index contributed by atoms with van der Waals surface area (Å²) in [6.45, 7) is 8.56. The third-order valence-electron chi connectivity index (χ3n) is 2.23. The Kier molecular flexibility index (Phi) is 3.74. The third-order valence-corrected chi connectivity index (χ3v) is 4.84. The van der Waals surface area contributed by atoms with E-state index >= 15 is 0 Å². The number of hydrogen-bond donors (Lipinski definition) is 0. The summed E-state index contributed by atoms with van der Waals surface area (Å²) >= 11 is 0. The van der Waals surface area contributed by atoms with Crippen LogP contribution in [0.1, 0.15) is 41.0 Å². The number of nitriles is 1. The van der Waals surface area contributed by atoms with Crippen molar-refractivity contribution < 1.29 is 8.42 Å². The highest BCUT2D eigenvalue weighted by Gasteiger charge is 2.31. The zero-order valence-electron chi connectivity index (χ0n) is 9.59. The van der Waals surface area contributed by atoms with Crippen molar-refractivity contribution in [3.63, 3.8) is 0 Å². The smallest absolute Gasteiger partial charge is 0.155 e. The molecule has 0 aromatic rings. The van der Waals surface area contributed by atoms with Crippen LogP contribution in [0.5, 0.6) is 0 Å². The normalized spacial score (nSPS) is 13.7. The summed E-state index contributed by atoms with van der Waals surface area (Å²) in [6.07, 6.45) is 0.392. The van der Waals surface area contributed by atoms with Gasteiger partial charge in [-0.2, -0.15) is 5.26 Å². The van der Waals surface area contributed by atoms with Crippen molar-refractivity contribution in [2.45, 2.75) is 45.8 Å². The van der Waals surface area contributed by atoms with Crippen LogP contribution < -0.4 is 0 Å². The Hall–Kier alpha value is -0.560. The monoisotopic (exact) mass is 217 g/mol. The molecule has 82 valence electrons. The number of nitrogens with zero attached hydrogens (tertiary/aromatic N) is 1. The molecule has 0 aromatic heterocycles. The molecule has 0 aliphatic carbocycles. The standard InChI is InChI=1S/C10H19NO2S/c1-9(2,3)14(12,13)7-6-10(4,5)8-11/h6-7H2,1-5H3. The molecule has 0 spiro atoms. The SMILES string of the molecule is CC(C)(C#N)CCS(=O)(=O)C(C)(C)C.